The first-order valence-corrected chi connectivity index (χ1v) is 11.7. The van der Waals surface area contributed by atoms with Gasteiger partial charge in [-0.25, -0.2) is 0 Å². The standard InChI is InChI=1S/C17H32O3.C7H14O/c1-4-6-16(7-5-2)17(18)20-13-15-10-8-14(9-11-15)12-19-3;1-3-5-7(4-2)6-8/h14-16H,4-13H2,1-3H3;6-7H,3-5H2,1-2H3. The number of hydrogen-bond donors (Lipinski definition) is 0. The summed E-state index contributed by atoms with van der Waals surface area (Å²) in [5, 5.41) is 0. The summed E-state index contributed by atoms with van der Waals surface area (Å²) in [6.07, 6.45) is 13.1. The van der Waals surface area contributed by atoms with Crippen LogP contribution in [0.4, 0.5) is 0 Å². The minimum absolute atomic E-state index is 0.0349. The molecule has 1 atom stereocenters. The van der Waals surface area contributed by atoms with Gasteiger partial charge in [0, 0.05) is 19.6 Å². The number of carbonyl (C=O) groups excluding carboxylic acids is 2. The van der Waals surface area contributed by atoms with Crippen LogP contribution in [0.25, 0.3) is 0 Å². The molecular weight excluding hydrogens is 352 g/mol. The Morgan fingerprint density at radius 2 is 1.39 bits per heavy atom. The number of carbonyl (C=O) groups is 2. The lowest BCUT2D eigenvalue weighted by Crippen LogP contribution is -2.25. The molecule has 1 aliphatic carbocycles. The fourth-order valence-corrected chi connectivity index (χ4v) is 3.93. The summed E-state index contributed by atoms with van der Waals surface area (Å²) in [7, 11) is 1.77. The number of aldehydes is 1. The Labute approximate surface area is 174 Å². The van der Waals surface area contributed by atoms with E-state index in [1.807, 2.05) is 0 Å². The van der Waals surface area contributed by atoms with Gasteiger partial charge in [-0.3, -0.25) is 4.79 Å². The lowest BCUT2D eigenvalue weighted by molar-refractivity contribution is -0.151. The first-order valence-electron chi connectivity index (χ1n) is 11.7. The van der Waals surface area contributed by atoms with Crippen molar-refractivity contribution in [3.8, 4) is 0 Å². The van der Waals surface area contributed by atoms with E-state index < -0.39 is 0 Å². The topological polar surface area (TPSA) is 52.6 Å². The molecular formula is C24H46O4. The SMILES string of the molecule is CCCC(C=O)CC.CCCC(CCC)C(=O)OCC1CCC(COC)CC1. The summed E-state index contributed by atoms with van der Waals surface area (Å²) < 4.78 is 10.8. The molecule has 0 aromatic rings. The first kappa shape index (κ1) is 27.1. The normalized spacial score (nSPS) is 20.2. The second-order valence-electron chi connectivity index (χ2n) is 8.34. The molecule has 0 saturated heterocycles. The van der Waals surface area contributed by atoms with Crippen molar-refractivity contribution in [1.29, 1.82) is 0 Å². The van der Waals surface area contributed by atoms with Crippen molar-refractivity contribution in [1.82, 2.24) is 0 Å². The highest BCUT2D eigenvalue weighted by Gasteiger charge is 2.24. The first-order chi connectivity index (χ1) is 13.6. The molecule has 0 spiro atoms. The molecule has 1 rings (SSSR count). The van der Waals surface area contributed by atoms with Crippen LogP contribution in [0, 0.1) is 23.7 Å². The van der Waals surface area contributed by atoms with Crippen LogP contribution in [0.2, 0.25) is 0 Å². The van der Waals surface area contributed by atoms with Gasteiger partial charge in [-0.15, -0.1) is 0 Å². The number of hydrogen-bond acceptors (Lipinski definition) is 4. The fourth-order valence-electron chi connectivity index (χ4n) is 3.93. The van der Waals surface area contributed by atoms with Gasteiger partial charge in [0.2, 0.25) is 0 Å². The van der Waals surface area contributed by atoms with E-state index in [1.165, 1.54) is 25.7 Å². The van der Waals surface area contributed by atoms with E-state index in [1.54, 1.807) is 7.11 Å². The zero-order valence-electron chi connectivity index (χ0n) is 19.2. The molecule has 0 N–H and O–H groups in total. The van der Waals surface area contributed by atoms with E-state index in [-0.39, 0.29) is 11.9 Å². The number of esters is 1. The van der Waals surface area contributed by atoms with E-state index in [9.17, 15) is 9.59 Å². The summed E-state index contributed by atoms with van der Waals surface area (Å²) in [4.78, 5) is 22.2. The monoisotopic (exact) mass is 398 g/mol. The molecule has 0 aliphatic heterocycles. The largest absolute Gasteiger partial charge is 0.465 e. The lowest BCUT2D eigenvalue weighted by Gasteiger charge is -2.28. The van der Waals surface area contributed by atoms with Crippen molar-refractivity contribution in [3.63, 3.8) is 0 Å². The predicted molar refractivity (Wildman–Crippen MR) is 116 cm³/mol. The zero-order valence-corrected chi connectivity index (χ0v) is 19.2. The smallest absolute Gasteiger partial charge is 0.308 e. The quantitative estimate of drug-likeness (QED) is 0.273. The highest BCUT2D eigenvalue weighted by atomic mass is 16.5. The van der Waals surface area contributed by atoms with Crippen molar-refractivity contribution < 1.29 is 19.1 Å². The molecule has 0 radical (unpaired) electrons. The van der Waals surface area contributed by atoms with Gasteiger partial charge in [-0.05, 0) is 63.2 Å². The van der Waals surface area contributed by atoms with Crippen molar-refractivity contribution in [2.75, 3.05) is 20.3 Å². The summed E-state index contributed by atoms with van der Waals surface area (Å²) in [5.41, 5.74) is 0. The number of rotatable bonds is 13. The molecule has 1 aliphatic rings. The maximum Gasteiger partial charge on any atom is 0.308 e. The van der Waals surface area contributed by atoms with Crippen LogP contribution < -0.4 is 0 Å². The highest BCUT2D eigenvalue weighted by Crippen LogP contribution is 2.29. The van der Waals surface area contributed by atoms with Crippen LogP contribution in [0.3, 0.4) is 0 Å². The van der Waals surface area contributed by atoms with Gasteiger partial charge in [0.1, 0.15) is 6.29 Å². The van der Waals surface area contributed by atoms with Crippen LogP contribution in [-0.4, -0.2) is 32.6 Å². The van der Waals surface area contributed by atoms with Gasteiger partial charge in [-0.2, -0.15) is 0 Å². The van der Waals surface area contributed by atoms with Gasteiger partial charge in [0.05, 0.1) is 12.5 Å². The van der Waals surface area contributed by atoms with Crippen LogP contribution in [0.15, 0.2) is 0 Å². The molecule has 0 heterocycles. The molecule has 4 heteroatoms. The lowest BCUT2D eigenvalue weighted by atomic mass is 9.83. The molecule has 1 unspecified atom stereocenters. The minimum Gasteiger partial charge on any atom is -0.465 e. The van der Waals surface area contributed by atoms with Crippen molar-refractivity contribution in [2.45, 2.75) is 98.3 Å². The van der Waals surface area contributed by atoms with E-state index in [4.69, 9.17) is 9.47 Å². The maximum atomic E-state index is 12.1. The average molecular weight is 399 g/mol. The number of ether oxygens (including phenoxy) is 2. The van der Waals surface area contributed by atoms with Gasteiger partial charge in [-0.1, -0.05) is 47.0 Å². The van der Waals surface area contributed by atoms with E-state index in [2.05, 4.69) is 27.7 Å². The molecule has 28 heavy (non-hydrogen) atoms. The predicted octanol–water partition coefficient (Wildman–Crippen LogP) is 6.21. The van der Waals surface area contributed by atoms with E-state index >= 15 is 0 Å². The van der Waals surface area contributed by atoms with Crippen LogP contribution in [0.1, 0.15) is 98.3 Å². The molecule has 0 bridgehead atoms. The third kappa shape index (κ3) is 12.5. The molecule has 0 aromatic heterocycles. The molecule has 0 aromatic carbocycles. The Bertz CT molecular complexity index is 369. The summed E-state index contributed by atoms with van der Waals surface area (Å²) >= 11 is 0. The Morgan fingerprint density at radius 3 is 1.75 bits per heavy atom. The van der Waals surface area contributed by atoms with Crippen molar-refractivity contribution in [2.24, 2.45) is 23.7 Å². The summed E-state index contributed by atoms with van der Waals surface area (Å²) in [5.74, 6) is 1.75. The van der Waals surface area contributed by atoms with Gasteiger partial charge < -0.3 is 14.3 Å². The Kier molecular flexibility index (Phi) is 17.6. The molecule has 166 valence electrons. The summed E-state index contributed by atoms with van der Waals surface area (Å²) in [6, 6.07) is 0. The second kappa shape index (κ2) is 18.1. The maximum absolute atomic E-state index is 12.1. The Morgan fingerprint density at radius 1 is 0.893 bits per heavy atom. The van der Waals surface area contributed by atoms with Crippen molar-refractivity contribution in [3.05, 3.63) is 0 Å². The van der Waals surface area contributed by atoms with Gasteiger partial charge >= 0.3 is 5.97 Å². The minimum atomic E-state index is 0.0349. The van der Waals surface area contributed by atoms with Gasteiger partial charge in [0.25, 0.3) is 0 Å². The molecule has 0 amide bonds. The Balaban J connectivity index is 0.000000769. The molecule has 1 fully saturated rings. The van der Waals surface area contributed by atoms with E-state index in [0.717, 1.165) is 57.8 Å². The third-order valence-electron chi connectivity index (χ3n) is 5.81. The third-order valence-corrected chi connectivity index (χ3v) is 5.81. The number of methoxy groups -OCH3 is 1. The van der Waals surface area contributed by atoms with Crippen LogP contribution in [-0.2, 0) is 19.1 Å². The molecule has 4 nitrogen and oxygen atoms in total. The van der Waals surface area contributed by atoms with Crippen LogP contribution in [0.5, 0.6) is 0 Å². The van der Waals surface area contributed by atoms with Gasteiger partial charge in [0.15, 0.2) is 0 Å². The fraction of sp³-hybridized carbons (Fsp3) is 0.917. The second-order valence-corrected chi connectivity index (χ2v) is 8.34. The summed E-state index contributed by atoms with van der Waals surface area (Å²) in [6.45, 7) is 9.92. The van der Waals surface area contributed by atoms with Crippen molar-refractivity contribution >= 4 is 12.3 Å². The Hall–Kier alpha value is -0.900. The van der Waals surface area contributed by atoms with E-state index in [0.29, 0.717) is 24.4 Å². The average Bonchev–Trinajstić information content (AvgIpc) is 2.72. The van der Waals surface area contributed by atoms with Crippen LogP contribution >= 0.6 is 0 Å². The highest BCUT2D eigenvalue weighted by molar-refractivity contribution is 5.72. The zero-order chi connectivity index (χ0) is 21.2. The molecule has 1 saturated carbocycles.